The van der Waals surface area contributed by atoms with E-state index in [4.69, 9.17) is 10.5 Å². The van der Waals surface area contributed by atoms with Gasteiger partial charge in [-0.15, -0.1) is 0 Å². The molecule has 0 aliphatic rings. The molecule has 2 aromatic carbocycles. The van der Waals surface area contributed by atoms with Crippen LogP contribution < -0.4 is 5.73 Å². The second-order valence-corrected chi connectivity index (χ2v) is 5.23. The quantitative estimate of drug-likeness (QED) is 0.686. The molecular weight excluding hydrogens is 325 g/mol. The molecular formula is C15H13BrFNO2. The van der Waals surface area contributed by atoms with Crippen LogP contribution in [0.4, 0.5) is 10.1 Å². The normalized spacial score (nSPS) is 10.3. The third kappa shape index (κ3) is 4.06. The number of halogens is 2. The van der Waals surface area contributed by atoms with Gasteiger partial charge in [0.1, 0.15) is 12.4 Å². The second-order valence-electron chi connectivity index (χ2n) is 4.31. The Hall–Kier alpha value is -1.88. The summed E-state index contributed by atoms with van der Waals surface area (Å²) in [6.07, 6.45) is 0.137. The summed E-state index contributed by atoms with van der Waals surface area (Å²) in [6.45, 7) is -0.0765. The number of anilines is 1. The Morgan fingerprint density at radius 3 is 2.55 bits per heavy atom. The van der Waals surface area contributed by atoms with Crippen LogP contribution in [0.3, 0.4) is 0 Å². The molecule has 0 atom stereocenters. The molecule has 104 valence electrons. The predicted octanol–water partition coefficient (Wildman–Crippen LogP) is 3.46. The van der Waals surface area contributed by atoms with E-state index in [9.17, 15) is 9.18 Å². The summed E-state index contributed by atoms with van der Waals surface area (Å²) < 4.78 is 19.2. The maximum absolute atomic E-state index is 13.5. The van der Waals surface area contributed by atoms with Gasteiger partial charge in [-0.3, -0.25) is 4.79 Å². The van der Waals surface area contributed by atoms with Gasteiger partial charge in [0, 0.05) is 15.7 Å². The van der Waals surface area contributed by atoms with E-state index in [1.807, 2.05) is 0 Å². The number of nitrogen functional groups attached to an aromatic ring is 1. The van der Waals surface area contributed by atoms with Crippen molar-refractivity contribution in [3.63, 3.8) is 0 Å². The number of nitrogens with two attached hydrogens (primary N) is 1. The molecule has 2 aromatic rings. The Morgan fingerprint density at radius 2 is 1.90 bits per heavy atom. The monoisotopic (exact) mass is 337 g/mol. The molecule has 0 bridgehead atoms. The highest BCUT2D eigenvalue weighted by Gasteiger charge is 2.08. The van der Waals surface area contributed by atoms with Gasteiger partial charge >= 0.3 is 5.97 Å². The molecule has 5 heteroatoms. The smallest absolute Gasteiger partial charge is 0.310 e. The summed E-state index contributed by atoms with van der Waals surface area (Å²) in [6, 6.07) is 11.6. The largest absolute Gasteiger partial charge is 0.460 e. The molecule has 0 aliphatic heterocycles. The third-order valence-electron chi connectivity index (χ3n) is 2.73. The highest BCUT2D eigenvalue weighted by Crippen LogP contribution is 2.16. The lowest BCUT2D eigenvalue weighted by atomic mass is 10.1. The average molecular weight is 338 g/mol. The topological polar surface area (TPSA) is 52.3 Å². The van der Waals surface area contributed by atoms with E-state index in [1.165, 1.54) is 6.07 Å². The zero-order valence-electron chi connectivity index (χ0n) is 10.6. The second kappa shape index (κ2) is 6.52. The number of carbonyl (C=O) groups is 1. The molecule has 0 saturated carbocycles. The molecule has 3 nitrogen and oxygen atoms in total. The molecule has 0 unspecified atom stereocenters. The lowest BCUT2D eigenvalue weighted by Gasteiger charge is -2.06. The first-order valence-electron chi connectivity index (χ1n) is 5.98. The van der Waals surface area contributed by atoms with Crippen LogP contribution in [-0.2, 0) is 22.6 Å². The summed E-state index contributed by atoms with van der Waals surface area (Å²) >= 11 is 3.17. The van der Waals surface area contributed by atoms with Gasteiger partial charge in [0.2, 0.25) is 0 Å². The van der Waals surface area contributed by atoms with Crippen LogP contribution in [-0.4, -0.2) is 5.97 Å². The van der Waals surface area contributed by atoms with Gasteiger partial charge in [-0.25, -0.2) is 4.39 Å². The summed E-state index contributed by atoms with van der Waals surface area (Å²) in [4.78, 5) is 11.7. The van der Waals surface area contributed by atoms with Crippen molar-refractivity contribution < 1.29 is 13.9 Å². The highest BCUT2D eigenvalue weighted by molar-refractivity contribution is 9.10. The van der Waals surface area contributed by atoms with E-state index in [-0.39, 0.29) is 13.0 Å². The van der Waals surface area contributed by atoms with Crippen LogP contribution in [0, 0.1) is 5.82 Å². The van der Waals surface area contributed by atoms with Crippen molar-refractivity contribution in [1.29, 1.82) is 0 Å². The fourth-order valence-corrected chi connectivity index (χ4v) is 1.98. The molecule has 0 saturated heterocycles. The van der Waals surface area contributed by atoms with E-state index >= 15 is 0 Å². The van der Waals surface area contributed by atoms with Crippen LogP contribution in [0.15, 0.2) is 46.9 Å². The van der Waals surface area contributed by atoms with E-state index in [0.717, 1.165) is 5.56 Å². The first-order chi connectivity index (χ1) is 9.54. The molecule has 0 aliphatic carbocycles. The van der Waals surface area contributed by atoms with Gasteiger partial charge < -0.3 is 10.5 Å². The lowest BCUT2D eigenvalue weighted by molar-refractivity contribution is -0.144. The fourth-order valence-electron chi connectivity index (χ4n) is 1.65. The van der Waals surface area contributed by atoms with Crippen molar-refractivity contribution in [2.45, 2.75) is 13.0 Å². The Labute approximate surface area is 124 Å². The molecule has 0 spiro atoms. The Morgan fingerprint density at radius 1 is 1.20 bits per heavy atom. The van der Waals surface area contributed by atoms with Crippen molar-refractivity contribution in [2.24, 2.45) is 0 Å². The summed E-state index contributed by atoms with van der Waals surface area (Å²) in [5.41, 5.74) is 7.35. The first kappa shape index (κ1) is 14.5. The van der Waals surface area contributed by atoms with Crippen LogP contribution in [0.2, 0.25) is 0 Å². The molecule has 0 amide bonds. The van der Waals surface area contributed by atoms with Crippen LogP contribution in [0.5, 0.6) is 0 Å². The number of hydrogen-bond acceptors (Lipinski definition) is 3. The Balaban J connectivity index is 1.90. The van der Waals surface area contributed by atoms with Gasteiger partial charge in [-0.2, -0.15) is 0 Å². The lowest BCUT2D eigenvalue weighted by Crippen LogP contribution is -2.08. The van der Waals surface area contributed by atoms with Gasteiger partial charge in [0.15, 0.2) is 0 Å². The van der Waals surface area contributed by atoms with E-state index in [2.05, 4.69) is 15.9 Å². The number of carbonyl (C=O) groups excluding carboxylic acids is 1. The van der Waals surface area contributed by atoms with E-state index < -0.39 is 11.8 Å². The number of ether oxygens (including phenoxy) is 1. The van der Waals surface area contributed by atoms with Crippen molar-refractivity contribution in [3.05, 3.63) is 63.9 Å². The number of esters is 1. The first-order valence-corrected chi connectivity index (χ1v) is 6.78. The summed E-state index contributed by atoms with van der Waals surface area (Å²) in [5.74, 6) is -0.809. The summed E-state index contributed by atoms with van der Waals surface area (Å²) in [5, 5.41) is 0. The van der Waals surface area contributed by atoms with Crippen molar-refractivity contribution in [2.75, 3.05) is 5.73 Å². The van der Waals surface area contributed by atoms with Crippen molar-refractivity contribution in [1.82, 2.24) is 0 Å². The minimum absolute atomic E-state index is 0.0765. The standard InChI is InChI=1S/C15H13BrFNO2/c16-12-4-3-11(14(17)8-12)9-20-15(19)7-10-1-5-13(18)6-2-10/h1-6,8H,7,9,18H2. The number of benzene rings is 2. The summed E-state index contributed by atoms with van der Waals surface area (Å²) in [7, 11) is 0. The van der Waals surface area contributed by atoms with Crippen LogP contribution >= 0.6 is 15.9 Å². The zero-order chi connectivity index (χ0) is 14.5. The molecule has 2 rings (SSSR count). The van der Waals surface area contributed by atoms with Crippen LogP contribution in [0.1, 0.15) is 11.1 Å². The maximum atomic E-state index is 13.5. The van der Waals surface area contributed by atoms with Gasteiger partial charge in [-0.05, 0) is 29.8 Å². The number of hydrogen-bond donors (Lipinski definition) is 1. The highest BCUT2D eigenvalue weighted by atomic mass is 79.9. The molecule has 0 fully saturated rings. The van der Waals surface area contributed by atoms with E-state index in [0.29, 0.717) is 15.7 Å². The van der Waals surface area contributed by atoms with Gasteiger partial charge in [0.25, 0.3) is 0 Å². The molecule has 0 heterocycles. The molecule has 20 heavy (non-hydrogen) atoms. The molecule has 0 aromatic heterocycles. The van der Waals surface area contributed by atoms with Gasteiger partial charge in [-0.1, -0.05) is 34.1 Å². The van der Waals surface area contributed by atoms with E-state index in [1.54, 1.807) is 36.4 Å². The SMILES string of the molecule is Nc1ccc(CC(=O)OCc2ccc(Br)cc2F)cc1. The maximum Gasteiger partial charge on any atom is 0.310 e. The average Bonchev–Trinajstić information content (AvgIpc) is 2.40. The number of rotatable bonds is 4. The Bertz CT molecular complexity index is 614. The fraction of sp³-hybridized carbons (Fsp3) is 0.133. The van der Waals surface area contributed by atoms with Gasteiger partial charge in [0.05, 0.1) is 6.42 Å². The Kier molecular flexibility index (Phi) is 4.74. The molecule has 0 radical (unpaired) electrons. The third-order valence-corrected chi connectivity index (χ3v) is 3.23. The van der Waals surface area contributed by atoms with Crippen molar-refractivity contribution in [3.8, 4) is 0 Å². The predicted molar refractivity (Wildman–Crippen MR) is 78.5 cm³/mol. The molecule has 2 N–H and O–H groups in total. The minimum atomic E-state index is -0.405. The van der Waals surface area contributed by atoms with Crippen molar-refractivity contribution >= 4 is 27.6 Å². The van der Waals surface area contributed by atoms with Crippen LogP contribution in [0.25, 0.3) is 0 Å². The minimum Gasteiger partial charge on any atom is -0.460 e. The zero-order valence-corrected chi connectivity index (χ0v) is 12.2.